The molecular formula is C20H43N4O2+. The monoisotopic (exact) mass is 371 g/mol. The van der Waals surface area contributed by atoms with Crippen molar-refractivity contribution < 1.29 is 14.1 Å². The molecule has 0 spiro atoms. The number of rotatable bonds is 16. The maximum atomic E-state index is 12.1. The summed E-state index contributed by atoms with van der Waals surface area (Å²) in [4.78, 5) is 25.4. The molecule has 0 aliphatic carbocycles. The predicted octanol–water partition coefficient (Wildman–Crippen LogP) is 2.00. The van der Waals surface area contributed by atoms with E-state index in [9.17, 15) is 9.59 Å². The largest absolute Gasteiger partial charge is 0.355 e. The zero-order chi connectivity index (χ0) is 19.8. The third kappa shape index (κ3) is 16.3. The first kappa shape index (κ1) is 24.9. The second-order valence-electron chi connectivity index (χ2n) is 8.23. The quantitative estimate of drug-likeness (QED) is 0.322. The molecule has 0 heterocycles. The van der Waals surface area contributed by atoms with Gasteiger partial charge in [0.2, 0.25) is 5.91 Å². The molecule has 6 nitrogen and oxygen atoms in total. The highest BCUT2D eigenvalue weighted by Gasteiger charge is 2.19. The topological polar surface area (TPSA) is 61.4 Å². The van der Waals surface area contributed by atoms with Crippen LogP contribution in [0.25, 0.3) is 0 Å². The van der Waals surface area contributed by atoms with Crippen molar-refractivity contribution in [3.63, 3.8) is 0 Å². The van der Waals surface area contributed by atoms with Gasteiger partial charge in [0.05, 0.1) is 27.2 Å². The van der Waals surface area contributed by atoms with Crippen LogP contribution in [0.4, 0.5) is 0 Å². The van der Waals surface area contributed by atoms with Crippen LogP contribution in [0.5, 0.6) is 0 Å². The van der Waals surface area contributed by atoms with Crippen molar-refractivity contribution in [1.29, 1.82) is 0 Å². The summed E-state index contributed by atoms with van der Waals surface area (Å²) in [5.41, 5.74) is 0. The van der Waals surface area contributed by atoms with Crippen LogP contribution in [0.15, 0.2) is 0 Å². The molecule has 2 N–H and O–H groups in total. The van der Waals surface area contributed by atoms with Gasteiger partial charge in [0.1, 0.15) is 0 Å². The van der Waals surface area contributed by atoms with Crippen molar-refractivity contribution in [1.82, 2.24) is 15.5 Å². The Labute approximate surface area is 161 Å². The second kappa shape index (κ2) is 15.0. The SMILES string of the molecule is CCCCCC[N+](C)(C)CC(=O)NCCCCCCNC(=O)CN(C)C. The summed E-state index contributed by atoms with van der Waals surface area (Å²) in [6, 6.07) is 0. The summed E-state index contributed by atoms with van der Waals surface area (Å²) in [7, 11) is 8.05. The lowest BCUT2D eigenvalue weighted by Gasteiger charge is -2.29. The van der Waals surface area contributed by atoms with Crippen LogP contribution in [0, 0.1) is 0 Å². The Hall–Kier alpha value is -1.14. The molecule has 0 aromatic rings. The molecule has 0 saturated heterocycles. The summed E-state index contributed by atoms with van der Waals surface area (Å²) in [5, 5.41) is 5.96. The van der Waals surface area contributed by atoms with Crippen LogP contribution in [-0.2, 0) is 9.59 Å². The van der Waals surface area contributed by atoms with Gasteiger partial charge in [-0.2, -0.15) is 0 Å². The van der Waals surface area contributed by atoms with Gasteiger partial charge >= 0.3 is 0 Å². The number of quaternary nitrogens is 1. The first-order valence-corrected chi connectivity index (χ1v) is 10.3. The molecule has 0 aromatic carbocycles. The fourth-order valence-corrected chi connectivity index (χ4v) is 2.89. The van der Waals surface area contributed by atoms with Crippen LogP contribution < -0.4 is 10.6 Å². The molecule has 154 valence electrons. The third-order valence-electron chi connectivity index (χ3n) is 4.40. The van der Waals surface area contributed by atoms with Gasteiger partial charge in [-0.05, 0) is 39.8 Å². The summed E-state index contributed by atoms with van der Waals surface area (Å²) >= 11 is 0. The van der Waals surface area contributed by atoms with E-state index >= 15 is 0 Å². The highest BCUT2D eigenvalue weighted by atomic mass is 16.2. The average molecular weight is 372 g/mol. The number of unbranched alkanes of at least 4 members (excludes halogenated alkanes) is 6. The summed E-state index contributed by atoms with van der Waals surface area (Å²) in [6.45, 7) is 5.77. The standard InChI is InChI=1S/C20H42N4O2/c1-6-7-8-13-16-24(4,5)18-20(26)22-15-12-10-9-11-14-21-19(25)17-23(2)3/h6-18H2,1-5H3,(H-,21,22,25,26)/p+1. The van der Waals surface area contributed by atoms with Crippen molar-refractivity contribution in [3.05, 3.63) is 0 Å². The summed E-state index contributed by atoms with van der Waals surface area (Å²) in [6.07, 6.45) is 9.14. The highest BCUT2D eigenvalue weighted by molar-refractivity contribution is 5.77. The lowest BCUT2D eigenvalue weighted by atomic mass is 10.2. The van der Waals surface area contributed by atoms with Crippen molar-refractivity contribution in [2.24, 2.45) is 0 Å². The minimum absolute atomic E-state index is 0.0812. The van der Waals surface area contributed by atoms with E-state index in [-0.39, 0.29) is 11.8 Å². The van der Waals surface area contributed by atoms with Gasteiger partial charge < -0.3 is 20.0 Å². The maximum Gasteiger partial charge on any atom is 0.275 e. The molecule has 0 bridgehead atoms. The number of amides is 2. The summed E-state index contributed by atoms with van der Waals surface area (Å²) in [5.74, 6) is 0.235. The zero-order valence-electron chi connectivity index (χ0n) is 17.9. The Morgan fingerprint density at radius 2 is 1.35 bits per heavy atom. The van der Waals surface area contributed by atoms with E-state index in [1.807, 2.05) is 19.0 Å². The Morgan fingerprint density at radius 1 is 0.808 bits per heavy atom. The van der Waals surface area contributed by atoms with Crippen LogP contribution in [0.3, 0.4) is 0 Å². The number of nitrogens with one attached hydrogen (secondary N) is 2. The number of carbonyl (C=O) groups excluding carboxylic acids is 2. The van der Waals surface area contributed by atoms with E-state index in [0.29, 0.717) is 13.1 Å². The molecule has 0 fully saturated rings. The minimum Gasteiger partial charge on any atom is -0.355 e. The molecule has 6 heteroatoms. The van der Waals surface area contributed by atoms with Gasteiger partial charge in [-0.25, -0.2) is 0 Å². The van der Waals surface area contributed by atoms with Gasteiger partial charge in [0, 0.05) is 13.1 Å². The number of hydrogen-bond donors (Lipinski definition) is 2. The van der Waals surface area contributed by atoms with Crippen LogP contribution in [-0.4, -0.2) is 82.1 Å². The lowest BCUT2D eigenvalue weighted by molar-refractivity contribution is -0.882. The van der Waals surface area contributed by atoms with Gasteiger partial charge in [-0.1, -0.05) is 32.6 Å². The second-order valence-corrected chi connectivity index (χ2v) is 8.23. The molecule has 0 unspecified atom stereocenters. The maximum absolute atomic E-state index is 12.1. The zero-order valence-corrected chi connectivity index (χ0v) is 17.9. The molecule has 26 heavy (non-hydrogen) atoms. The Balaban J connectivity index is 3.57. The average Bonchev–Trinajstić information content (AvgIpc) is 2.53. The molecule has 0 aliphatic heterocycles. The van der Waals surface area contributed by atoms with E-state index in [1.165, 1.54) is 25.7 Å². The molecule has 0 aliphatic rings. The predicted molar refractivity (Wildman–Crippen MR) is 109 cm³/mol. The van der Waals surface area contributed by atoms with E-state index < -0.39 is 0 Å². The number of nitrogens with zero attached hydrogens (tertiary/aromatic N) is 2. The molecule has 0 rings (SSSR count). The van der Waals surface area contributed by atoms with E-state index in [4.69, 9.17) is 0 Å². The third-order valence-corrected chi connectivity index (χ3v) is 4.40. The molecule has 0 atom stereocenters. The van der Waals surface area contributed by atoms with Crippen LogP contribution >= 0.6 is 0 Å². The molecule has 2 amide bonds. The van der Waals surface area contributed by atoms with Gasteiger partial charge in [-0.15, -0.1) is 0 Å². The summed E-state index contributed by atoms with van der Waals surface area (Å²) < 4.78 is 0.766. The smallest absolute Gasteiger partial charge is 0.275 e. The Bertz CT molecular complexity index is 384. The Morgan fingerprint density at radius 3 is 1.88 bits per heavy atom. The van der Waals surface area contributed by atoms with Crippen molar-refractivity contribution >= 4 is 11.8 Å². The first-order valence-electron chi connectivity index (χ1n) is 10.3. The molecule has 0 radical (unpaired) electrons. The van der Waals surface area contributed by atoms with Crippen LogP contribution in [0.1, 0.15) is 58.3 Å². The molecule has 0 saturated carbocycles. The van der Waals surface area contributed by atoms with Crippen molar-refractivity contribution in [2.75, 3.05) is 60.9 Å². The van der Waals surface area contributed by atoms with Gasteiger partial charge in [0.25, 0.3) is 5.91 Å². The number of likely N-dealkylation sites (N-methyl/N-ethyl adjacent to an activating group) is 2. The first-order chi connectivity index (χ1) is 12.3. The van der Waals surface area contributed by atoms with Crippen LogP contribution in [0.2, 0.25) is 0 Å². The minimum atomic E-state index is 0.0812. The van der Waals surface area contributed by atoms with E-state index in [0.717, 1.165) is 49.8 Å². The van der Waals surface area contributed by atoms with Gasteiger partial charge in [-0.3, -0.25) is 9.59 Å². The van der Waals surface area contributed by atoms with Crippen molar-refractivity contribution in [2.45, 2.75) is 58.3 Å². The normalized spacial score (nSPS) is 11.6. The molecule has 0 aromatic heterocycles. The van der Waals surface area contributed by atoms with Crippen molar-refractivity contribution in [3.8, 4) is 0 Å². The highest BCUT2D eigenvalue weighted by Crippen LogP contribution is 2.05. The number of hydrogen-bond acceptors (Lipinski definition) is 3. The van der Waals surface area contributed by atoms with Gasteiger partial charge in [0.15, 0.2) is 6.54 Å². The fraction of sp³-hybridized carbons (Fsp3) is 0.900. The Kier molecular flexibility index (Phi) is 14.3. The van der Waals surface area contributed by atoms with E-state index in [1.54, 1.807) is 0 Å². The number of carbonyl (C=O) groups is 2. The lowest BCUT2D eigenvalue weighted by Crippen LogP contribution is -2.48. The molecular weight excluding hydrogens is 328 g/mol. The fourth-order valence-electron chi connectivity index (χ4n) is 2.89. The van der Waals surface area contributed by atoms with E-state index in [2.05, 4.69) is 31.7 Å².